The summed E-state index contributed by atoms with van der Waals surface area (Å²) in [6.07, 6.45) is 0. The third kappa shape index (κ3) is 3.62. The lowest BCUT2D eigenvalue weighted by Gasteiger charge is -2.21. The Bertz CT molecular complexity index is 59.1. The molecule has 0 fully saturated rings. The first-order chi connectivity index (χ1) is 3.55. The number of hydrogen-bond donors (Lipinski definition) is 0. The van der Waals surface area contributed by atoms with Gasteiger partial charge in [-0.1, -0.05) is 57.4 Å². The molecule has 0 aliphatic heterocycles. The first-order valence-corrected chi connectivity index (χ1v) is 11.4. The van der Waals surface area contributed by atoms with Gasteiger partial charge in [0.25, 0.3) is 0 Å². The highest BCUT2D eigenvalue weighted by molar-refractivity contribution is 14.3. The Labute approximate surface area is 78.3 Å². The third-order valence-corrected chi connectivity index (χ3v) is 7.61. The SMILES string of the molecule is CC(C)N(C)[SiH](I)I. The van der Waals surface area contributed by atoms with E-state index in [2.05, 4.69) is 69.1 Å². The monoisotopic (exact) mass is 355 g/mol. The lowest BCUT2D eigenvalue weighted by atomic mass is 10.4. The van der Waals surface area contributed by atoms with Gasteiger partial charge in [0.2, 0.25) is 3.95 Å². The molecule has 0 aromatic carbocycles. The predicted molar refractivity (Wildman–Crippen MR) is 58.1 cm³/mol. The molecule has 0 amide bonds. The molecular formula is C4H11I2NSi. The van der Waals surface area contributed by atoms with Gasteiger partial charge in [0.15, 0.2) is 0 Å². The van der Waals surface area contributed by atoms with E-state index in [0.29, 0.717) is 0 Å². The van der Waals surface area contributed by atoms with Gasteiger partial charge >= 0.3 is 0 Å². The van der Waals surface area contributed by atoms with Crippen LogP contribution >= 0.6 is 43.6 Å². The minimum atomic E-state index is -0.549. The van der Waals surface area contributed by atoms with Crippen molar-refractivity contribution in [3.8, 4) is 0 Å². The fourth-order valence-electron chi connectivity index (χ4n) is 0.225. The molecule has 0 N–H and O–H groups in total. The summed E-state index contributed by atoms with van der Waals surface area (Å²) >= 11 is 5.07. The summed E-state index contributed by atoms with van der Waals surface area (Å²) in [4.78, 5) is 0. The zero-order valence-corrected chi connectivity index (χ0v) is 10.8. The van der Waals surface area contributed by atoms with E-state index in [9.17, 15) is 0 Å². The van der Waals surface area contributed by atoms with Crippen LogP contribution < -0.4 is 0 Å². The van der Waals surface area contributed by atoms with Gasteiger partial charge in [-0.05, 0) is 13.1 Å². The topological polar surface area (TPSA) is 3.24 Å². The number of rotatable bonds is 2. The molecular weight excluding hydrogens is 344 g/mol. The summed E-state index contributed by atoms with van der Waals surface area (Å²) in [7, 11) is 2.19. The van der Waals surface area contributed by atoms with Crippen LogP contribution in [-0.4, -0.2) is 21.6 Å². The van der Waals surface area contributed by atoms with Crippen LogP contribution in [0.3, 0.4) is 0 Å². The van der Waals surface area contributed by atoms with Crippen molar-refractivity contribution < 1.29 is 0 Å². The Kier molecular flexibility index (Phi) is 5.36. The smallest absolute Gasteiger partial charge is 0.247 e. The standard InChI is InChI=1S/C4H11I2NSi/c1-4(2)7(3)8(5)6/h4,8H,1-3H3. The van der Waals surface area contributed by atoms with Crippen molar-refractivity contribution in [2.24, 2.45) is 0 Å². The second-order valence-corrected chi connectivity index (χ2v) is 17.6. The molecule has 50 valence electrons. The number of hydrogen-bond acceptors (Lipinski definition) is 1. The molecule has 0 spiro atoms. The molecule has 8 heavy (non-hydrogen) atoms. The van der Waals surface area contributed by atoms with E-state index in [0.717, 1.165) is 6.04 Å². The summed E-state index contributed by atoms with van der Waals surface area (Å²) < 4.78 is 1.90. The molecule has 4 heteroatoms. The lowest BCUT2D eigenvalue weighted by molar-refractivity contribution is 0.449. The predicted octanol–water partition coefficient (Wildman–Crippen LogP) is 1.91. The van der Waals surface area contributed by atoms with Crippen LogP contribution in [0.1, 0.15) is 13.8 Å². The van der Waals surface area contributed by atoms with Gasteiger partial charge in [-0.3, -0.25) is 0 Å². The van der Waals surface area contributed by atoms with Gasteiger partial charge in [0.05, 0.1) is 0 Å². The average molecular weight is 355 g/mol. The first kappa shape index (κ1) is 9.64. The summed E-state index contributed by atoms with van der Waals surface area (Å²) in [5.41, 5.74) is 0. The maximum absolute atomic E-state index is 2.54. The second-order valence-electron chi connectivity index (χ2n) is 2.04. The number of nitrogens with zero attached hydrogens (tertiary/aromatic N) is 1. The Balaban J connectivity index is 3.46. The van der Waals surface area contributed by atoms with Gasteiger partial charge < -0.3 is 4.57 Å². The van der Waals surface area contributed by atoms with Crippen LogP contribution in [0.2, 0.25) is 0 Å². The minimum absolute atomic E-state index is 0.549. The van der Waals surface area contributed by atoms with Crippen molar-refractivity contribution in [3.05, 3.63) is 0 Å². The molecule has 0 saturated carbocycles. The van der Waals surface area contributed by atoms with E-state index >= 15 is 0 Å². The minimum Gasteiger partial charge on any atom is -0.311 e. The summed E-state index contributed by atoms with van der Waals surface area (Å²) in [5, 5.41) is 0. The fraction of sp³-hybridized carbons (Fsp3) is 1.00. The zero-order valence-electron chi connectivity index (χ0n) is 5.36. The van der Waals surface area contributed by atoms with Crippen molar-refractivity contribution >= 4 is 47.5 Å². The van der Waals surface area contributed by atoms with Crippen molar-refractivity contribution in [3.63, 3.8) is 0 Å². The first-order valence-electron chi connectivity index (χ1n) is 2.55. The molecule has 0 aliphatic rings. The molecule has 0 heterocycles. The summed E-state index contributed by atoms with van der Waals surface area (Å²) in [6, 6.07) is 0.723. The Hall–Kier alpha value is 1.64. The maximum atomic E-state index is 2.54. The molecule has 0 aromatic heterocycles. The molecule has 0 unspecified atom stereocenters. The van der Waals surface area contributed by atoms with Crippen LogP contribution in [0.5, 0.6) is 0 Å². The lowest BCUT2D eigenvalue weighted by Crippen LogP contribution is -2.32. The molecule has 0 rings (SSSR count). The highest BCUT2D eigenvalue weighted by Gasteiger charge is 2.10. The molecule has 0 aliphatic carbocycles. The maximum Gasteiger partial charge on any atom is 0.247 e. The highest BCUT2D eigenvalue weighted by Crippen LogP contribution is 2.10. The van der Waals surface area contributed by atoms with Crippen molar-refractivity contribution in [1.29, 1.82) is 0 Å². The van der Waals surface area contributed by atoms with Crippen LogP contribution in [0.25, 0.3) is 0 Å². The van der Waals surface area contributed by atoms with Crippen LogP contribution in [0.15, 0.2) is 0 Å². The van der Waals surface area contributed by atoms with E-state index in [-0.39, 0.29) is 0 Å². The van der Waals surface area contributed by atoms with Gasteiger partial charge in [-0.2, -0.15) is 0 Å². The zero-order chi connectivity index (χ0) is 6.73. The van der Waals surface area contributed by atoms with Crippen LogP contribution in [0.4, 0.5) is 0 Å². The molecule has 0 radical (unpaired) electrons. The van der Waals surface area contributed by atoms with Gasteiger partial charge in [0.1, 0.15) is 0 Å². The Morgan fingerprint density at radius 2 is 1.75 bits per heavy atom. The highest BCUT2D eigenvalue weighted by atomic mass is 127. The Morgan fingerprint density at radius 1 is 1.38 bits per heavy atom. The second kappa shape index (κ2) is 4.45. The van der Waals surface area contributed by atoms with Crippen LogP contribution in [-0.2, 0) is 0 Å². The van der Waals surface area contributed by atoms with E-state index in [1.807, 2.05) is 0 Å². The van der Waals surface area contributed by atoms with Gasteiger partial charge in [-0.25, -0.2) is 0 Å². The molecule has 0 atom stereocenters. The molecule has 0 aromatic rings. The summed E-state index contributed by atoms with van der Waals surface area (Å²) in [6.45, 7) is 4.47. The van der Waals surface area contributed by atoms with E-state index in [1.165, 1.54) is 0 Å². The van der Waals surface area contributed by atoms with E-state index in [1.54, 1.807) is 0 Å². The Morgan fingerprint density at radius 3 is 1.75 bits per heavy atom. The van der Waals surface area contributed by atoms with E-state index in [4.69, 9.17) is 0 Å². The van der Waals surface area contributed by atoms with Gasteiger partial charge in [-0.15, -0.1) is 0 Å². The molecule has 1 nitrogen and oxygen atoms in total. The fourth-order valence-corrected chi connectivity index (χ4v) is 4.54. The van der Waals surface area contributed by atoms with Crippen molar-refractivity contribution in [2.75, 3.05) is 7.05 Å². The summed E-state index contributed by atoms with van der Waals surface area (Å²) in [5.74, 6) is 0. The molecule has 0 saturated heterocycles. The molecule has 0 bridgehead atoms. The quantitative estimate of drug-likeness (QED) is 0.416. The average Bonchev–Trinajstić information content (AvgIpc) is 1.64. The van der Waals surface area contributed by atoms with Crippen LogP contribution in [0, 0.1) is 0 Å². The van der Waals surface area contributed by atoms with E-state index < -0.39 is 3.95 Å². The van der Waals surface area contributed by atoms with Crippen molar-refractivity contribution in [1.82, 2.24) is 4.57 Å². The largest absolute Gasteiger partial charge is 0.311 e. The number of halogens is 2. The normalized spacial score (nSPS) is 12.0. The van der Waals surface area contributed by atoms with Crippen molar-refractivity contribution in [2.45, 2.75) is 19.9 Å². The third-order valence-electron chi connectivity index (χ3n) is 1.12. The van der Waals surface area contributed by atoms with Gasteiger partial charge in [0, 0.05) is 0 Å².